The molecule has 0 bridgehead atoms. The first kappa shape index (κ1) is 13.3. The Balaban J connectivity index is 2.02. The summed E-state index contributed by atoms with van der Waals surface area (Å²) in [5.74, 6) is 1.60. The third-order valence-corrected chi connectivity index (χ3v) is 3.50. The van der Waals surface area contributed by atoms with E-state index in [0.29, 0.717) is 5.92 Å². The van der Waals surface area contributed by atoms with E-state index in [1.807, 2.05) is 12.1 Å². The van der Waals surface area contributed by atoms with Crippen LogP contribution in [-0.4, -0.2) is 36.9 Å². The third-order valence-electron chi connectivity index (χ3n) is 3.50. The highest BCUT2D eigenvalue weighted by Gasteiger charge is 2.20. The molecular formula is C14H22N2O2. The second-order valence-electron chi connectivity index (χ2n) is 5.04. The summed E-state index contributed by atoms with van der Waals surface area (Å²) in [4.78, 5) is 6.75. The fourth-order valence-electron chi connectivity index (χ4n) is 2.48. The molecule has 1 aliphatic rings. The lowest BCUT2D eigenvalue weighted by Crippen LogP contribution is -2.37. The van der Waals surface area contributed by atoms with Crippen molar-refractivity contribution in [1.29, 1.82) is 0 Å². The number of methoxy groups -OCH3 is 1. The number of anilines is 1. The van der Waals surface area contributed by atoms with Gasteiger partial charge in [-0.25, -0.2) is 4.98 Å². The summed E-state index contributed by atoms with van der Waals surface area (Å²) < 4.78 is 5.24. The maximum atomic E-state index is 9.47. The smallest absolute Gasteiger partial charge is 0.128 e. The molecule has 4 heteroatoms. The SMILES string of the molecule is COCC1CCCN(c2ccc([C@@H](C)O)cn2)C1. The maximum Gasteiger partial charge on any atom is 0.128 e. The lowest BCUT2D eigenvalue weighted by atomic mass is 9.99. The fraction of sp³-hybridized carbons (Fsp3) is 0.643. The molecule has 1 fully saturated rings. The van der Waals surface area contributed by atoms with E-state index < -0.39 is 6.10 Å². The van der Waals surface area contributed by atoms with Crippen LogP contribution in [0.1, 0.15) is 31.4 Å². The van der Waals surface area contributed by atoms with Gasteiger partial charge in [-0.05, 0) is 37.3 Å². The molecule has 18 heavy (non-hydrogen) atoms. The summed E-state index contributed by atoms with van der Waals surface area (Å²) >= 11 is 0. The molecule has 1 unspecified atom stereocenters. The fourth-order valence-corrected chi connectivity index (χ4v) is 2.48. The Morgan fingerprint density at radius 2 is 2.39 bits per heavy atom. The molecule has 0 aromatic carbocycles. The first-order valence-electron chi connectivity index (χ1n) is 6.58. The minimum absolute atomic E-state index is 0.450. The lowest BCUT2D eigenvalue weighted by molar-refractivity contribution is 0.143. The van der Waals surface area contributed by atoms with E-state index in [2.05, 4.69) is 9.88 Å². The second kappa shape index (κ2) is 6.16. The van der Waals surface area contributed by atoms with Crippen molar-refractivity contribution in [3.05, 3.63) is 23.9 Å². The summed E-state index contributed by atoms with van der Waals surface area (Å²) in [6.07, 6.45) is 3.73. The maximum absolute atomic E-state index is 9.47. The van der Waals surface area contributed by atoms with E-state index in [-0.39, 0.29) is 0 Å². The summed E-state index contributed by atoms with van der Waals surface area (Å²) in [6, 6.07) is 3.95. The van der Waals surface area contributed by atoms with Gasteiger partial charge in [-0.15, -0.1) is 0 Å². The van der Waals surface area contributed by atoms with Crippen LogP contribution in [0.25, 0.3) is 0 Å². The van der Waals surface area contributed by atoms with Crippen molar-refractivity contribution in [1.82, 2.24) is 4.98 Å². The standard InChI is InChI=1S/C14H22N2O2/c1-11(17)13-5-6-14(15-8-13)16-7-3-4-12(9-16)10-18-2/h5-6,8,11-12,17H,3-4,7,9-10H2,1-2H3/t11-,12?/m1/s1. The molecule has 1 N–H and O–H groups in total. The monoisotopic (exact) mass is 250 g/mol. The van der Waals surface area contributed by atoms with Gasteiger partial charge in [0.25, 0.3) is 0 Å². The summed E-state index contributed by atoms with van der Waals surface area (Å²) in [7, 11) is 1.76. The topological polar surface area (TPSA) is 45.6 Å². The van der Waals surface area contributed by atoms with Crippen molar-refractivity contribution in [2.75, 3.05) is 31.7 Å². The number of rotatable bonds is 4. The lowest BCUT2D eigenvalue weighted by Gasteiger charge is -2.33. The van der Waals surface area contributed by atoms with Crippen molar-refractivity contribution >= 4 is 5.82 Å². The average molecular weight is 250 g/mol. The number of hydrogen-bond donors (Lipinski definition) is 1. The highest BCUT2D eigenvalue weighted by Crippen LogP contribution is 2.22. The molecule has 4 nitrogen and oxygen atoms in total. The number of nitrogens with zero attached hydrogens (tertiary/aromatic N) is 2. The second-order valence-corrected chi connectivity index (χ2v) is 5.04. The van der Waals surface area contributed by atoms with Crippen molar-refractivity contribution < 1.29 is 9.84 Å². The van der Waals surface area contributed by atoms with Crippen molar-refractivity contribution in [3.8, 4) is 0 Å². The van der Waals surface area contributed by atoms with Crippen LogP contribution in [0.4, 0.5) is 5.82 Å². The number of aliphatic hydroxyl groups excluding tert-OH is 1. The minimum Gasteiger partial charge on any atom is -0.389 e. The minimum atomic E-state index is -0.450. The van der Waals surface area contributed by atoms with Crippen molar-refractivity contribution in [2.24, 2.45) is 5.92 Å². The van der Waals surface area contributed by atoms with Gasteiger partial charge < -0.3 is 14.7 Å². The normalized spacial score (nSPS) is 21.9. The predicted molar refractivity (Wildman–Crippen MR) is 71.7 cm³/mol. The number of hydrogen-bond acceptors (Lipinski definition) is 4. The van der Waals surface area contributed by atoms with E-state index in [1.54, 1.807) is 20.2 Å². The van der Waals surface area contributed by atoms with Gasteiger partial charge in [0.2, 0.25) is 0 Å². The van der Waals surface area contributed by atoms with Gasteiger partial charge >= 0.3 is 0 Å². The van der Waals surface area contributed by atoms with Crippen LogP contribution in [-0.2, 0) is 4.74 Å². The Bertz CT molecular complexity index is 363. The number of aliphatic hydroxyl groups is 1. The van der Waals surface area contributed by atoms with E-state index >= 15 is 0 Å². The van der Waals surface area contributed by atoms with Gasteiger partial charge in [-0.3, -0.25) is 0 Å². The van der Waals surface area contributed by atoms with Crippen LogP contribution in [0.15, 0.2) is 18.3 Å². The Labute approximate surface area is 109 Å². The molecule has 2 atom stereocenters. The molecule has 0 amide bonds. The van der Waals surface area contributed by atoms with Crippen LogP contribution >= 0.6 is 0 Å². The van der Waals surface area contributed by atoms with E-state index in [1.165, 1.54) is 12.8 Å². The van der Waals surface area contributed by atoms with Gasteiger partial charge in [0.05, 0.1) is 12.7 Å². The van der Waals surface area contributed by atoms with Crippen molar-refractivity contribution in [2.45, 2.75) is 25.9 Å². The van der Waals surface area contributed by atoms with Crippen LogP contribution in [0.5, 0.6) is 0 Å². The molecule has 2 heterocycles. The zero-order valence-corrected chi connectivity index (χ0v) is 11.2. The molecule has 1 aromatic rings. The van der Waals surface area contributed by atoms with Gasteiger partial charge in [0, 0.05) is 26.4 Å². The van der Waals surface area contributed by atoms with E-state index in [0.717, 1.165) is 31.1 Å². The third kappa shape index (κ3) is 3.21. The number of aromatic nitrogens is 1. The molecular weight excluding hydrogens is 228 g/mol. The van der Waals surface area contributed by atoms with Crippen LogP contribution < -0.4 is 4.90 Å². The molecule has 2 rings (SSSR count). The van der Waals surface area contributed by atoms with Crippen molar-refractivity contribution in [3.63, 3.8) is 0 Å². The Morgan fingerprint density at radius 1 is 1.56 bits per heavy atom. The molecule has 0 aliphatic carbocycles. The quantitative estimate of drug-likeness (QED) is 0.887. The number of pyridine rings is 1. The van der Waals surface area contributed by atoms with Crippen LogP contribution in [0.2, 0.25) is 0 Å². The Morgan fingerprint density at radius 3 is 3.00 bits per heavy atom. The van der Waals surface area contributed by atoms with Gasteiger partial charge in [-0.2, -0.15) is 0 Å². The number of piperidine rings is 1. The largest absolute Gasteiger partial charge is 0.389 e. The van der Waals surface area contributed by atoms with Crippen LogP contribution in [0.3, 0.4) is 0 Å². The molecule has 0 spiro atoms. The molecule has 1 aromatic heterocycles. The molecule has 100 valence electrons. The average Bonchev–Trinajstić information content (AvgIpc) is 2.39. The van der Waals surface area contributed by atoms with Gasteiger partial charge in [0.15, 0.2) is 0 Å². The first-order chi connectivity index (χ1) is 8.70. The number of ether oxygens (including phenoxy) is 1. The predicted octanol–water partition coefficient (Wildman–Crippen LogP) is 2.00. The highest BCUT2D eigenvalue weighted by atomic mass is 16.5. The van der Waals surface area contributed by atoms with Crippen LogP contribution in [0, 0.1) is 5.92 Å². The van der Waals surface area contributed by atoms with E-state index in [9.17, 15) is 5.11 Å². The zero-order chi connectivity index (χ0) is 13.0. The Hall–Kier alpha value is -1.13. The zero-order valence-electron chi connectivity index (χ0n) is 11.2. The summed E-state index contributed by atoms with van der Waals surface area (Å²) in [5.41, 5.74) is 0.865. The molecule has 1 aliphatic heterocycles. The molecule has 0 saturated carbocycles. The van der Waals surface area contributed by atoms with Gasteiger partial charge in [0.1, 0.15) is 5.82 Å². The van der Waals surface area contributed by atoms with E-state index in [4.69, 9.17) is 4.74 Å². The summed E-state index contributed by atoms with van der Waals surface area (Å²) in [6.45, 7) is 4.64. The first-order valence-corrected chi connectivity index (χ1v) is 6.58. The van der Waals surface area contributed by atoms with Gasteiger partial charge in [-0.1, -0.05) is 6.07 Å². The molecule has 1 saturated heterocycles. The highest BCUT2D eigenvalue weighted by molar-refractivity contribution is 5.40. The molecule has 0 radical (unpaired) electrons. The Kier molecular flexibility index (Phi) is 4.55. The summed E-state index contributed by atoms with van der Waals surface area (Å²) in [5, 5.41) is 9.47.